The third-order valence-electron chi connectivity index (χ3n) is 4.65. The first kappa shape index (κ1) is 23.8. The Morgan fingerprint density at radius 3 is 2.39 bits per heavy atom. The quantitative estimate of drug-likeness (QED) is 0.336. The molecule has 0 saturated carbocycles. The second-order valence-corrected chi connectivity index (χ2v) is 7.41. The van der Waals surface area contributed by atoms with Crippen molar-refractivity contribution in [2.24, 2.45) is 0 Å². The summed E-state index contributed by atoms with van der Waals surface area (Å²) in [7, 11) is 1.56. The highest BCUT2D eigenvalue weighted by molar-refractivity contribution is 6.31. The van der Waals surface area contributed by atoms with Gasteiger partial charge in [0.15, 0.2) is 12.4 Å². The van der Waals surface area contributed by atoms with Crippen LogP contribution in [0.1, 0.15) is 22.3 Å². The third kappa shape index (κ3) is 6.82. The number of halogens is 1. The van der Waals surface area contributed by atoms with E-state index < -0.39 is 18.5 Å². The fourth-order valence-electron chi connectivity index (χ4n) is 3.05. The zero-order chi connectivity index (χ0) is 23.6. The largest absolute Gasteiger partial charge is 0.495 e. The molecule has 0 radical (unpaired) electrons. The highest BCUT2D eigenvalue weighted by Crippen LogP contribution is 2.24. The number of hydrogen-bond donors (Lipinski definition) is 2. The van der Waals surface area contributed by atoms with Crippen LogP contribution in [0.5, 0.6) is 5.75 Å². The maximum atomic E-state index is 12.8. The number of ether oxygens (including phenoxy) is 2. The van der Waals surface area contributed by atoms with E-state index in [1.165, 1.54) is 12.1 Å². The Balaban J connectivity index is 1.52. The number of methoxy groups -OCH3 is 1. The summed E-state index contributed by atoms with van der Waals surface area (Å²) in [5.74, 6) is -0.725. The maximum absolute atomic E-state index is 12.8. The molecule has 2 N–H and O–H groups in total. The van der Waals surface area contributed by atoms with E-state index in [-0.39, 0.29) is 23.5 Å². The molecule has 3 rings (SSSR count). The summed E-state index contributed by atoms with van der Waals surface area (Å²) < 4.78 is 10.3. The highest BCUT2D eigenvalue weighted by atomic mass is 35.5. The van der Waals surface area contributed by atoms with Gasteiger partial charge >= 0.3 is 5.97 Å². The van der Waals surface area contributed by atoms with E-state index >= 15 is 0 Å². The van der Waals surface area contributed by atoms with Crippen molar-refractivity contribution in [3.05, 3.63) is 88.9 Å². The summed E-state index contributed by atoms with van der Waals surface area (Å²) in [5.41, 5.74) is 1.75. The minimum Gasteiger partial charge on any atom is -0.495 e. The minimum absolute atomic E-state index is 0.0595. The van der Waals surface area contributed by atoms with E-state index in [9.17, 15) is 14.4 Å². The van der Waals surface area contributed by atoms with Gasteiger partial charge in [0.1, 0.15) is 5.75 Å². The number of esters is 1. The predicted molar refractivity (Wildman–Crippen MR) is 127 cm³/mol. The van der Waals surface area contributed by atoms with Gasteiger partial charge in [0.05, 0.1) is 24.9 Å². The summed E-state index contributed by atoms with van der Waals surface area (Å²) in [6.07, 6.45) is 0.0595. The maximum Gasteiger partial charge on any atom is 0.308 e. The molecule has 0 fully saturated rings. The Kier molecular flexibility index (Phi) is 8.43. The van der Waals surface area contributed by atoms with Crippen molar-refractivity contribution in [3.8, 4) is 5.75 Å². The Morgan fingerprint density at radius 1 is 0.909 bits per heavy atom. The van der Waals surface area contributed by atoms with Crippen molar-refractivity contribution in [2.45, 2.75) is 6.42 Å². The summed E-state index contributed by atoms with van der Waals surface area (Å²) in [6, 6.07) is 20.6. The van der Waals surface area contributed by atoms with Gasteiger partial charge in [-0.25, -0.2) is 0 Å². The average molecular weight is 467 g/mol. The molecule has 0 aromatic heterocycles. The molecule has 170 valence electrons. The molecule has 0 aliphatic heterocycles. The Bertz CT molecular complexity index is 1130. The van der Waals surface area contributed by atoms with Gasteiger partial charge in [0.25, 0.3) is 5.91 Å². The summed E-state index contributed by atoms with van der Waals surface area (Å²) in [6.45, 7) is -0.164. The van der Waals surface area contributed by atoms with Gasteiger partial charge in [-0.05, 0) is 30.3 Å². The second kappa shape index (κ2) is 11.7. The first-order chi connectivity index (χ1) is 16.0. The Morgan fingerprint density at radius 2 is 1.64 bits per heavy atom. The Labute approximate surface area is 196 Å². The lowest BCUT2D eigenvalue weighted by Gasteiger charge is -2.12. The number of carbonyl (C=O) groups excluding carboxylic acids is 3. The van der Waals surface area contributed by atoms with Crippen molar-refractivity contribution in [2.75, 3.05) is 30.9 Å². The van der Waals surface area contributed by atoms with E-state index in [2.05, 4.69) is 10.6 Å². The van der Waals surface area contributed by atoms with Gasteiger partial charge in [-0.1, -0.05) is 54.1 Å². The molecule has 0 heterocycles. The first-order valence-corrected chi connectivity index (χ1v) is 10.6. The third-order valence-corrected chi connectivity index (χ3v) is 4.89. The molecule has 0 unspecified atom stereocenters. The van der Waals surface area contributed by atoms with Crippen molar-refractivity contribution >= 4 is 40.6 Å². The van der Waals surface area contributed by atoms with Crippen LogP contribution in [0.15, 0.2) is 72.8 Å². The highest BCUT2D eigenvalue weighted by Gasteiger charge is 2.17. The first-order valence-electron chi connectivity index (χ1n) is 10.2. The molecule has 0 aliphatic carbocycles. The molecule has 1 amide bonds. The average Bonchev–Trinajstić information content (AvgIpc) is 2.84. The summed E-state index contributed by atoms with van der Waals surface area (Å²) in [5, 5.41) is 6.06. The summed E-state index contributed by atoms with van der Waals surface area (Å²) >= 11 is 6.05. The van der Waals surface area contributed by atoms with Crippen LogP contribution in [0.4, 0.5) is 11.4 Å². The minimum atomic E-state index is -0.564. The van der Waals surface area contributed by atoms with Crippen LogP contribution in [-0.4, -0.2) is 37.9 Å². The molecule has 8 heteroatoms. The van der Waals surface area contributed by atoms with Crippen LogP contribution in [0.25, 0.3) is 0 Å². The summed E-state index contributed by atoms with van der Waals surface area (Å²) in [4.78, 5) is 37.2. The molecule has 3 aromatic carbocycles. The standard InChI is InChI=1S/C25H23ClN2O5/c1-32-22-10-6-5-9-21(22)27-14-13-24(30)33-16-23(29)28-20-12-11-18(26)15-19(20)25(31)17-7-3-2-4-8-17/h2-12,15,27H,13-14,16H2,1H3,(H,28,29). The van der Waals surface area contributed by atoms with Crippen molar-refractivity contribution in [1.29, 1.82) is 0 Å². The Hall–Kier alpha value is -3.84. The van der Waals surface area contributed by atoms with Crippen molar-refractivity contribution in [1.82, 2.24) is 0 Å². The predicted octanol–water partition coefficient (Wildman–Crippen LogP) is 4.56. The lowest BCUT2D eigenvalue weighted by Crippen LogP contribution is -2.23. The van der Waals surface area contributed by atoms with Crippen LogP contribution >= 0.6 is 11.6 Å². The fraction of sp³-hybridized carbons (Fsp3) is 0.160. The zero-order valence-corrected chi connectivity index (χ0v) is 18.7. The van der Waals surface area contributed by atoms with Crippen LogP contribution in [0.2, 0.25) is 5.02 Å². The number of anilines is 2. The monoisotopic (exact) mass is 466 g/mol. The van der Waals surface area contributed by atoms with Crippen molar-refractivity contribution in [3.63, 3.8) is 0 Å². The van der Waals surface area contributed by atoms with Gasteiger partial charge in [0, 0.05) is 22.7 Å². The van der Waals surface area contributed by atoms with E-state index in [4.69, 9.17) is 21.1 Å². The van der Waals surface area contributed by atoms with Crippen LogP contribution < -0.4 is 15.4 Å². The number of rotatable bonds is 10. The lowest BCUT2D eigenvalue weighted by atomic mass is 10.0. The number of ketones is 1. The van der Waals surface area contributed by atoms with Gasteiger partial charge in [-0.2, -0.15) is 0 Å². The van der Waals surface area contributed by atoms with Gasteiger partial charge in [-0.15, -0.1) is 0 Å². The van der Waals surface area contributed by atoms with E-state index in [1.54, 1.807) is 49.6 Å². The molecule has 0 spiro atoms. The number of hydrogen-bond acceptors (Lipinski definition) is 6. The SMILES string of the molecule is COc1ccccc1NCCC(=O)OCC(=O)Nc1ccc(Cl)cc1C(=O)c1ccccc1. The van der Waals surface area contributed by atoms with Gasteiger partial charge in [0.2, 0.25) is 0 Å². The number of para-hydroxylation sites is 2. The molecule has 0 aliphatic rings. The molecule has 7 nitrogen and oxygen atoms in total. The van der Waals surface area contributed by atoms with Crippen molar-refractivity contribution < 1.29 is 23.9 Å². The van der Waals surface area contributed by atoms with E-state index in [0.29, 0.717) is 22.9 Å². The van der Waals surface area contributed by atoms with E-state index in [1.807, 2.05) is 18.2 Å². The fourth-order valence-corrected chi connectivity index (χ4v) is 3.22. The smallest absolute Gasteiger partial charge is 0.308 e. The molecule has 0 bridgehead atoms. The van der Waals surface area contributed by atoms with Gasteiger partial charge in [-0.3, -0.25) is 14.4 Å². The number of benzene rings is 3. The van der Waals surface area contributed by atoms with Gasteiger partial charge < -0.3 is 20.1 Å². The lowest BCUT2D eigenvalue weighted by molar-refractivity contribution is -0.147. The second-order valence-electron chi connectivity index (χ2n) is 6.97. The number of amides is 1. The molecular weight excluding hydrogens is 444 g/mol. The normalized spacial score (nSPS) is 10.2. The zero-order valence-electron chi connectivity index (χ0n) is 18.0. The molecular formula is C25H23ClN2O5. The molecule has 3 aromatic rings. The van der Waals surface area contributed by atoms with Crippen LogP contribution in [0.3, 0.4) is 0 Å². The van der Waals surface area contributed by atoms with Crippen LogP contribution in [-0.2, 0) is 14.3 Å². The van der Waals surface area contributed by atoms with E-state index in [0.717, 1.165) is 5.69 Å². The van der Waals surface area contributed by atoms with Crippen LogP contribution in [0, 0.1) is 0 Å². The number of carbonyl (C=O) groups is 3. The molecule has 33 heavy (non-hydrogen) atoms. The number of nitrogens with one attached hydrogen (secondary N) is 2. The molecule has 0 saturated heterocycles. The topological polar surface area (TPSA) is 93.7 Å². The molecule has 0 atom stereocenters.